The minimum Gasteiger partial charge on any atom is -0.480 e. The third-order valence-corrected chi connectivity index (χ3v) is 3.31. The second-order valence-corrected chi connectivity index (χ2v) is 4.20. The second-order valence-electron chi connectivity index (χ2n) is 4.20. The lowest BCUT2D eigenvalue weighted by molar-refractivity contribution is -0.143. The van der Waals surface area contributed by atoms with E-state index in [1.165, 1.54) is 0 Å². The zero-order valence-electron chi connectivity index (χ0n) is 8.52. The van der Waals surface area contributed by atoms with Crippen molar-refractivity contribution in [3.05, 3.63) is 35.9 Å². The maximum atomic E-state index is 11.2. The van der Waals surface area contributed by atoms with Crippen molar-refractivity contribution in [3.8, 4) is 0 Å². The molecule has 2 rings (SSSR count). The van der Waals surface area contributed by atoms with Crippen LogP contribution in [-0.4, -0.2) is 16.6 Å². The van der Waals surface area contributed by atoms with Gasteiger partial charge in [0.05, 0.1) is 0 Å². The van der Waals surface area contributed by atoms with Crippen LogP contribution in [0, 0.1) is 0 Å². The molecule has 1 aliphatic rings. The molecule has 3 N–H and O–H groups in total. The van der Waals surface area contributed by atoms with Crippen LogP contribution >= 0.6 is 0 Å². The van der Waals surface area contributed by atoms with Crippen molar-refractivity contribution >= 4 is 5.97 Å². The summed E-state index contributed by atoms with van der Waals surface area (Å²) in [6.45, 7) is 0. The number of carboxylic acid groups (broad SMARTS) is 1. The van der Waals surface area contributed by atoms with Gasteiger partial charge in [0, 0.05) is 5.92 Å². The first-order valence-corrected chi connectivity index (χ1v) is 5.22. The number of carboxylic acids is 1. The van der Waals surface area contributed by atoms with Gasteiger partial charge in [-0.3, -0.25) is 4.79 Å². The fraction of sp³-hybridized carbons (Fsp3) is 0.417. The van der Waals surface area contributed by atoms with Crippen molar-refractivity contribution in [2.45, 2.75) is 30.7 Å². The molecule has 1 saturated carbocycles. The van der Waals surface area contributed by atoms with Crippen LogP contribution in [0.15, 0.2) is 30.3 Å². The van der Waals surface area contributed by atoms with Gasteiger partial charge in [0.25, 0.3) is 0 Å². The average molecular weight is 205 g/mol. The monoisotopic (exact) mass is 205 g/mol. The van der Waals surface area contributed by atoms with Gasteiger partial charge in [0.1, 0.15) is 5.54 Å². The molecule has 0 spiro atoms. The first kappa shape index (κ1) is 10.2. The molecule has 80 valence electrons. The third-order valence-electron chi connectivity index (χ3n) is 3.31. The van der Waals surface area contributed by atoms with E-state index in [0.29, 0.717) is 6.42 Å². The second kappa shape index (κ2) is 3.66. The van der Waals surface area contributed by atoms with Crippen molar-refractivity contribution in [2.75, 3.05) is 0 Å². The van der Waals surface area contributed by atoms with Crippen molar-refractivity contribution < 1.29 is 9.90 Å². The molecule has 3 heteroatoms. The summed E-state index contributed by atoms with van der Waals surface area (Å²) in [5.74, 6) is -0.926. The number of benzene rings is 1. The molecule has 0 bridgehead atoms. The fourth-order valence-electron chi connectivity index (χ4n) is 2.44. The van der Waals surface area contributed by atoms with Crippen molar-refractivity contribution in [1.82, 2.24) is 0 Å². The van der Waals surface area contributed by atoms with Gasteiger partial charge in [-0.05, 0) is 18.4 Å². The van der Waals surface area contributed by atoms with Crippen LogP contribution in [0.2, 0.25) is 0 Å². The van der Waals surface area contributed by atoms with Crippen LogP contribution in [0.3, 0.4) is 0 Å². The molecule has 3 nitrogen and oxygen atoms in total. The van der Waals surface area contributed by atoms with E-state index in [-0.39, 0.29) is 5.92 Å². The lowest BCUT2D eigenvalue weighted by Crippen LogP contribution is -2.49. The van der Waals surface area contributed by atoms with E-state index in [4.69, 9.17) is 5.73 Å². The third kappa shape index (κ3) is 1.63. The highest BCUT2D eigenvalue weighted by atomic mass is 16.4. The maximum absolute atomic E-state index is 11.2. The van der Waals surface area contributed by atoms with Gasteiger partial charge < -0.3 is 10.8 Å². The lowest BCUT2D eigenvalue weighted by Gasteiger charge is -2.27. The molecule has 1 aromatic carbocycles. The van der Waals surface area contributed by atoms with E-state index < -0.39 is 11.5 Å². The average Bonchev–Trinajstić information content (AvgIpc) is 2.63. The van der Waals surface area contributed by atoms with Crippen LogP contribution in [0.4, 0.5) is 0 Å². The highest BCUT2D eigenvalue weighted by Crippen LogP contribution is 2.41. The Bertz CT molecular complexity index is 363. The van der Waals surface area contributed by atoms with Gasteiger partial charge in [-0.1, -0.05) is 36.8 Å². The summed E-state index contributed by atoms with van der Waals surface area (Å²) in [6.07, 6.45) is 2.33. The molecule has 15 heavy (non-hydrogen) atoms. The molecule has 0 unspecified atom stereocenters. The summed E-state index contributed by atoms with van der Waals surface area (Å²) < 4.78 is 0. The SMILES string of the molecule is N[C@]1(C(=O)O)CCC[C@H]1c1ccccc1. The van der Waals surface area contributed by atoms with Crippen LogP contribution < -0.4 is 5.73 Å². The van der Waals surface area contributed by atoms with Gasteiger partial charge in [0.2, 0.25) is 0 Å². The lowest BCUT2D eigenvalue weighted by atomic mass is 9.83. The maximum Gasteiger partial charge on any atom is 0.324 e. The van der Waals surface area contributed by atoms with Crippen molar-refractivity contribution in [3.63, 3.8) is 0 Å². The summed E-state index contributed by atoms with van der Waals surface area (Å²) in [5, 5.41) is 9.18. The number of hydrogen-bond acceptors (Lipinski definition) is 2. The molecule has 0 radical (unpaired) electrons. The van der Waals surface area contributed by atoms with Gasteiger partial charge in [0.15, 0.2) is 0 Å². The van der Waals surface area contributed by atoms with E-state index in [1.807, 2.05) is 30.3 Å². The zero-order valence-corrected chi connectivity index (χ0v) is 8.52. The Morgan fingerprint density at radius 1 is 1.40 bits per heavy atom. The predicted octanol–water partition coefficient (Wildman–Crippen LogP) is 1.74. The van der Waals surface area contributed by atoms with Gasteiger partial charge >= 0.3 is 5.97 Å². The summed E-state index contributed by atoms with van der Waals surface area (Å²) in [5.41, 5.74) is 5.95. The highest BCUT2D eigenvalue weighted by molar-refractivity contribution is 5.80. The standard InChI is InChI=1S/C12H15NO2/c13-12(11(14)15)8-4-7-10(12)9-5-2-1-3-6-9/h1-3,5-6,10H,4,7-8,13H2,(H,14,15)/t10-,12+/m0/s1. The summed E-state index contributed by atoms with van der Waals surface area (Å²) in [6, 6.07) is 9.70. The smallest absolute Gasteiger partial charge is 0.324 e. The number of carbonyl (C=O) groups is 1. The molecule has 0 aliphatic heterocycles. The number of aliphatic carboxylic acids is 1. The Morgan fingerprint density at radius 3 is 2.67 bits per heavy atom. The van der Waals surface area contributed by atoms with E-state index in [2.05, 4.69) is 0 Å². The molecular weight excluding hydrogens is 190 g/mol. The topological polar surface area (TPSA) is 63.3 Å². The fourth-order valence-corrected chi connectivity index (χ4v) is 2.44. The Morgan fingerprint density at radius 2 is 2.07 bits per heavy atom. The van der Waals surface area contributed by atoms with Gasteiger partial charge in [-0.25, -0.2) is 0 Å². The minimum absolute atomic E-state index is 0.0452. The molecule has 1 fully saturated rings. The summed E-state index contributed by atoms with van der Waals surface area (Å²) in [7, 11) is 0. The Kier molecular flexibility index (Phi) is 2.49. The largest absolute Gasteiger partial charge is 0.480 e. The molecule has 0 saturated heterocycles. The van der Waals surface area contributed by atoms with Crippen LogP contribution in [0.5, 0.6) is 0 Å². The number of nitrogens with two attached hydrogens (primary N) is 1. The van der Waals surface area contributed by atoms with E-state index in [9.17, 15) is 9.90 Å². The molecule has 1 aromatic rings. The zero-order chi connectivity index (χ0) is 10.9. The Hall–Kier alpha value is -1.35. The molecule has 0 heterocycles. The van der Waals surface area contributed by atoms with Crippen LogP contribution in [-0.2, 0) is 4.79 Å². The highest BCUT2D eigenvalue weighted by Gasteiger charge is 2.46. The normalized spacial score (nSPS) is 30.3. The van der Waals surface area contributed by atoms with Crippen LogP contribution in [0.1, 0.15) is 30.7 Å². The van der Waals surface area contributed by atoms with E-state index >= 15 is 0 Å². The Balaban J connectivity index is 2.34. The minimum atomic E-state index is -1.07. The molecular formula is C12H15NO2. The molecule has 0 amide bonds. The van der Waals surface area contributed by atoms with Gasteiger partial charge in [-0.15, -0.1) is 0 Å². The van der Waals surface area contributed by atoms with Crippen molar-refractivity contribution in [2.24, 2.45) is 5.73 Å². The van der Waals surface area contributed by atoms with Crippen LogP contribution in [0.25, 0.3) is 0 Å². The van der Waals surface area contributed by atoms with E-state index in [1.54, 1.807) is 0 Å². The van der Waals surface area contributed by atoms with Gasteiger partial charge in [-0.2, -0.15) is 0 Å². The first-order chi connectivity index (χ1) is 7.14. The molecule has 2 atom stereocenters. The molecule has 0 aromatic heterocycles. The Labute approximate surface area is 88.9 Å². The summed E-state index contributed by atoms with van der Waals surface area (Å²) >= 11 is 0. The number of hydrogen-bond donors (Lipinski definition) is 2. The van der Waals surface area contributed by atoms with E-state index in [0.717, 1.165) is 18.4 Å². The predicted molar refractivity (Wildman–Crippen MR) is 57.6 cm³/mol. The summed E-state index contributed by atoms with van der Waals surface area (Å²) in [4.78, 5) is 11.2. The quantitative estimate of drug-likeness (QED) is 0.773. The molecule has 1 aliphatic carbocycles. The first-order valence-electron chi connectivity index (χ1n) is 5.22. The van der Waals surface area contributed by atoms with Crippen molar-refractivity contribution in [1.29, 1.82) is 0 Å². The number of rotatable bonds is 2.